The van der Waals surface area contributed by atoms with E-state index in [9.17, 15) is 0 Å². The zero-order chi connectivity index (χ0) is 8.97. The molecule has 0 atom stereocenters. The molecule has 12 heavy (non-hydrogen) atoms. The van der Waals surface area contributed by atoms with Crippen LogP contribution >= 0.6 is 0 Å². The Kier molecular flexibility index (Phi) is 2.76. The Hall–Kier alpha value is -1.42. The summed E-state index contributed by atoms with van der Waals surface area (Å²) in [5.74, 6) is 3.49. The molecular weight excluding hydrogens is 148 g/mol. The van der Waals surface area contributed by atoms with E-state index in [4.69, 9.17) is 11.2 Å². The van der Waals surface area contributed by atoms with Gasteiger partial charge in [0.25, 0.3) is 0 Å². The van der Waals surface area contributed by atoms with Crippen molar-refractivity contribution in [2.75, 3.05) is 6.61 Å². The van der Waals surface area contributed by atoms with Gasteiger partial charge < -0.3 is 4.74 Å². The van der Waals surface area contributed by atoms with E-state index in [1.54, 1.807) is 0 Å². The second kappa shape index (κ2) is 3.82. The van der Waals surface area contributed by atoms with Crippen molar-refractivity contribution in [3.8, 4) is 18.1 Å². The first kappa shape index (κ1) is 8.67. The topological polar surface area (TPSA) is 9.23 Å². The van der Waals surface area contributed by atoms with E-state index in [2.05, 4.69) is 5.92 Å². The fourth-order valence-electron chi connectivity index (χ4n) is 1.06. The summed E-state index contributed by atoms with van der Waals surface area (Å²) in [5, 5.41) is 0. The SMILES string of the molecule is C#Cc1ccc(OCC)c(C)c1. The van der Waals surface area contributed by atoms with Gasteiger partial charge in [0, 0.05) is 5.56 Å². The highest BCUT2D eigenvalue weighted by Crippen LogP contribution is 2.18. The molecule has 1 aromatic carbocycles. The number of terminal acetylenes is 1. The molecule has 0 fully saturated rings. The third-order valence-electron chi connectivity index (χ3n) is 1.64. The van der Waals surface area contributed by atoms with Crippen molar-refractivity contribution < 1.29 is 4.74 Å². The van der Waals surface area contributed by atoms with Gasteiger partial charge in [-0.05, 0) is 37.6 Å². The van der Waals surface area contributed by atoms with Crippen molar-refractivity contribution in [3.05, 3.63) is 29.3 Å². The van der Waals surface area contributed by atoms with Crippen LogP contribution in [0.2, 0.25) is 0 Å². The molecule has 0 bridgehead atoms. The Labute approximate surface area is 73.4 Å². The summed E-state index contributed by atoms with van der Waals surface area (Å²) in [6.45, 7) is 4.65. The predicted molar refractivity (Wildman–Crippen MR) is 50.3 cm³/mol. The van der Waals surface area contributed by atoms with Crippen molar-refractivity contribution in [3.63, 3.8) is 0 Å². The minimum absolute atomic E-state index is 0.691. The largest absolute Gasteiger partial charge is 0.494 e. The molecule has 0 unspecified atom stereocenters. The van der Waals surface area contributed by atoms with Crippen molar-refractivity contribution in [1.29, 1.82) is 0 Å². The number of benzene rings is 1. The lowest BCUT2D eigenvalue weighted by Crippen LogP contribution is -1.93. The van der Waals surface area contributed by atoms with Crippen LogP contribution in [0, 0.1) is 19.3 Å². The zero-order valence-corrected chi connectivity index (χ0v) is 7.42. The highest BCUT2D eigenvalue weighted by molar-refractivity contribution is 5.42. The van der Waals surface area contributed by atoms with E-state index in [1.165, 1.54) is 0 Å². The van der Waals surface area contributed by atoms with Crippen molar-refractivity contribution in [2.24, 2.45) is 0 Å². The molecular formula is C11H12O. The third kappa shape index (κ3) is 1.79. The van der Waals surface area contributed by atoms with Gasteiger partial charge in [-0.15, -0.1) is 6.42 Å². The normalized spacial score (nSPS) is 9.08. The van der Waals surface area contributed by atoms with Crippen LogP contribution in [0.5, 0.6) is 5.75 Å². The average molecular weight is 160 g/mol. The Morgan fingerprint density at radius 1 is 1.50 bits per heavy atom. The maximum Gasteiger partial charge on any atom is 0.122 e. The predicted octanol–water partition coefficient (Wildman–Crippen LogP) is 2.38. The molecule has 1 aromatic rings. The fourth-order valence-corrected chi connectivity index (χ4v) is 1.06. The molecule has 0 aliphatic carbocycles. The highest BCUT2D eigenvalue weighted by atomic mass is 16.5. The Morgan fingerprint density at radius 3 is 2.75 bits per heavy atom. The monoisotopic (exact) mass is 160 g/mol. The number of aryl methyl sites for hydroxylation is 1. The van der Waals surface area contributed by atoms with Gasteiger partial charge in [0.05, 0.1) is 6.61 Å². The molecule has 0 N–H and O–H groups in total. The van der Waals surface area contributed by atoms with Crippen LogP contribution in [-0.4, -0.2) is 6.61 Å². The standard InChI is InChI=1S/C11H12O/c1-4-10-6-7-11(12-5-2)9(3)8-10/h1,6-8H,5H2,2-3H3. The Morgan fingerprint density at radius 2 is 2.25 bits per heavy atom. The van der Waals surface area contributed by atoms with Crippen LogP contribution in [0.25, 0.3) is 0 Å². The average Bonchev–Trinajstić information content (AvgIpc) is 2.09. The molecule has 1 nitrogen and oxygen atoms in total. The maximum atomic E-state index is 5.37. The minimum atomic E-state index is 0.691. The molecule has 0 saturated heterocycles. The summed E-state index contributed by atoms with van der Waals surface area (Å²) >= 11 is 0. The van der Waals surface area contributed by atoms with Gasteiger partial charge in [-0.3, -0.25) is 0 Å². The molecule has 0 aliphatic rings. The fraction of sp³-hybridized carbons (Fsp3) is 0.273. The molecule has 0 amide bonds. The van der Waals surface area contributed by atoms with Crippen molar-refractivity contribution in [2.45, 2.75) is 13.8 Å². The van der Waals surface area contributed by atoms with Crippen LogP contribution in [-0.2, 0) is 0 Å². The van der Waals surface area contributed by atoms with Gasteiger partial charge in [0.1, 0.15) is 5.75 Å². The molecule has 0 heterocycles. The highest BCUT2D eigenvalue weighted by Gasteiger charge is 1.97. The van der Waals surface area contributed by atoms with Crippen LogP contribution in [0.15, 0.2) is 18.2 Å². The third-order valence-corrected chi connectivity index (χ3v) is 1.64. The Bertz CT molecular complexity index is 307. The van der Waals surface area contributed by atoms with Gasteiger partial charge >= 0.3 is 0 Å². The van der Waals surface area contributed by atoms with Gasteiger partial charge in [-0.1, -0.05) is 5.92 Å². The van der Waals surface area contributed by atoms with E-state index < -0.39 is 0 Å². The molecule has 1 heteroatoms. The summed E-state index contributed by atoms with van der Waals surface area (Å²) in [4.78, 5) is 0. The number of ether oxygens (including phenoxy) is 1. The summed E-state index contributed by atoms with van der Waals surface area (Å²) < 4.78 is 5.37. The smallest absolute Gasteiger partial charge is 0.122 e. The van der Waals surface area contributed by atoms with Gasteiger partial charge in [0.15, 0.2) is 0 Å². The summed E-state index contributed by atoms with van der Waals surface area (Å²) in [6.07, 6.45) is 5.25. The number of hydrogen-bond donors (Lipinski definition) is 0. The number of rotatable bonds is 2. The number of hydrogen-bond acceptors (Lipinski definition) is 1. The molecule has 0 saturated carbocycles. The first-order chi connectivity index (χ1) is 5.77. The summed E-state index contributed by atoms with van der Waals surface area (Å²) in [7, 11) is 0. The molecule has 0 aromatic heterocycles. The summed E-state index contributed by atoms with van der Waals surface area (Å²) in [5.41, 5.74) is 1.99. The molecule has 1 rings (SSSR count). The van der Waals surface area contributed by atoms with Gasteiger partial charge in [0.2, 0.25) is 0 Å². The summed E-state index contributed by atoms with van der Waals surface area (Å²) in [6, 6.07) is 5.75. The van der Waals surface area contributed by atoms with Crippen LogP contribution < -0.4 is 4.74 Å². The quantitative estimate of drug-likeness (QED) is 0.603. The zero-order valence-electron chi connectivity index (χ0n) is 7.42. The van der Waals surface area contributed by atoms with E-state index in [1.807, 2.05) is 32.0 Å². The van der Waals surface area contributed by atoms with Crippen LogP contribution in [0.3, 0.4) is 0 Å². The van der Waals surface area contributed by atoms with E-state index in [0.29, 0.717) is 6.61 Å². The van der Waals surface area contributed by atoms with E-state index in [0.717, 1.165) is 16.9 Å². The van der Waals surface area contributed by atoms with E-state index in [-0.39, 0.29) is 0 Å². The van der Waals surface area contributed by atoms with Crippen LogP contribution in [0.4, 0.5) is 0 Å². The van der Waals surface area contributed by atoms with Crippen molar-refractivity contribution >= 4 is 0 Å². The first-order valence-corrected chi connectivity index (χ1v) is 3.98. The van der Waals surface area contributed by atoms with Crippen LogP contribution in [0.1, 0.15) is 18.1 Å². The molecule has 0 aliphatic heterocycles. The molecule has 0 radical (unpaired) electrons. The van der Waals surface area contributed by atoms with Crippen molar-refractivity contribution in [1.82, 2.24) is 0 Å². The molecule has 0 spiro atoms. The lowest BCUT2D eigenvalue weighted by Gasteiger charge is -2.06. The molecule has 62 valence electrons. The maximum absolute atomic E-state index is 5.37. The lowest BCUT2D eigenvalue weighted by molar-refractivity contribution is 0.338. The second-order valence-electron chi connectivity index (χ2n) is 2.56. The van der Waals surface area contributed by atoms with Gasteiger partial charge in [-0.25, -0.2) is 0 Å². The lowest BCUT2D eigenvalue weighted by atomic mass is 10.1. The Balaban J connectivity index is 2.97. The second-order valence-corrected chi connectivity index (χ2v) is 2.56. The first-order valence-electron chi connectivity index (χ1n) is 3.98. The van der Waals surface area contributed by atoms with Gasteiger partial charge in [-0.2, -0.15) is 0 Å². The van der Waals surface area contributed by atoms with E-state index >= 15 is 0 Å². The minimum Gasteiger partial charge on any atom is -0.494 e.